The highest BCUT2D eigenvalue weighted by Crippen LogP contribution is 2.31. The third kappa shape index (κ3) is 5.04. The number of nitrogens with zero attached hydrogens (tertiary/aromatic N) is 6. The highest BCUT2D eigenvalue weighted by atomic mass is 19.1. The summed E-state index contributed by atoms with van der Waals surface area (Å²) in [5.74, 6) is -1.78. The maximum atomic E-state index is 14.3. The molecule has 4 rings (SSSR count). The lowest BCUT2D eigenvalue weighted by Gasteiger charge is -2.38. The molecule has 170 valence electrons. The van der Waals surface area contributed by atoms with Gasteiger partial charge in [-0.25, -0.2) is 18.3 Å². The number of piperidine rings is 1. The fourth-order valence-electron chi connectivity index (χ4n) is 4.00. The van der Waals surface area contributed by atoms with Gasteiger partial charge in [-0.3, -0.25) is 4.79 Å². The molecule has 1 aliphatic heterocycles. The Labute approximate surface area is 189 Å². The Bertz CT molecular complexity index is 1170. The molecule has 33 heavy (non-hydrogen) atoms. The molecule has 2 heterocycles. The average Bonchev–Trinajstić information content (AvgIpc) is 3.35. The molecule has 0 radical (unpaired) electrons. The van der Waals surface area contributed by atoms with Crippen molar-refractivity contribution in [3.63, 3.8) is 0 Å². The molecule has 1 amide bonds. The van der Waals surface area contributed by atoms with Crippen molar-refractivity contribution < 1.29 is 18.7 Å². The Kier molecular flexibility index (Phi) is 6.42. The topological polar surface area (TPSA) is 88.5 Å². The van der Waals surface area contributed by atoms with Crippen LogP contribution in [0.15, 0.2) is 42.7 Å². The van der Waals surface area contributed by atoms with Crippen molar-refractivity contribution in [2.45, 2.75) is 37.7 Å². The number of carbonyl (C=O) groups is 1. The smallest absolute Gasteiger partial charge is 0.257 e. The maximum absolute atomic E-state index is 14.3. The highest BCUT2D eigenvalue weighted by Gasteiger charge is 2.33. The van der Waals surface area contributed by atoms with Gasteiger partial charge in [0.25, 0.3) is 5.69 Å². The van der Waals surface area contributed by atoms with E-state index in [1.54, 1.807) is 4.90 Å². The minimum atomic E-state index is -1.04. The number of aliphatic hydroxyl groups is 1. The maximum Gasteiger partial charge on any atom is 0.257 e. The van der Waals surface area contributed by atoms with Gasteiger partial charge in [-0.15, -0.1) is 5.10 Å². The summed E-state index contributed by atoms with van der Waals surface area (Å²) in [4.78, 5) is 17.3. The van der Waals surface area contributed by atoms with Gasteiger partial charge in [-0.05, 0) is 65.4 Å². The molecule has 0 atom stereocenters. The Morgan fingerprint density at radius 3 is 2.52 bits per heavy atom. The van der Waals surface area contributed by atoms with Gasteiger partial charge in [-0.1, -0.05) is 18.2 Å². The van der Waals surface area contributed by atoms with Crippen LogP contribution in [0.4, 0.5) is 14.5 Å². The van der Waals surface area contributed by atoms with Crippen LogP contribution in [-0.2, 0) is 17.6 Å². The average molecular weight is 452 g/mol. The predicted octanol–water partition coefficient (Wildman–Crippen LogP) is 3.02. The van der Waals surface area contributed by atoms with Gasteiger partial charge in [0.1, 0.15) is 18.0 Å². The van der Waals surface area contributed by atoms with Crippen LogP contribution in [0, 0.1) is 18.2 Å². The Morgan fingerprint density at radius 1 is 1.15 bits per heavy atom. The van der Waals surface area contributed by atoms with Crippen molar-refractivity contribution >= 4 is 11.6 Å². The standard InChI is InChI=1S/C23H22F2N6O2/c1-26-22-19(24)7-4-17(21(22)25)8-9-23(33)10-12-30(13-11-23)20(32)14-16-2-5-18(6-3-16)31-15-27-28-29-31/h2-7,15,33H,8-14H2. The van der Waals surface area contributed by atoms with Crippen LogP contribution in [0.2, 0.25) is 0 Å². The number of likely N-dealkylation sites (tertiary alicyclic amines) is 1. The first-order valence-corrected chi connectivity index (χ1v) is 10.6. The molecule has 8 nitrogen and oxygen atoms in total. The molecule has 10 heteroatoms. The van der Waals surface area contributed by atoms with Crippen LogP contribution in [0.25, 0.3) is 10.5 Å². The number of halogens is 2. The normalized spacial score (nSPS) is 15.3. The summed E-state index contributed by atoms with van der Waals surface area (Å²) >= 11 is 0. The largest absolute Gasteiger partial charge is 0.390 e. The van der Waals surface area contributed by atoms with Gasteiger partial charge < -0.3 is 10.0 Å². The van der Waals surface area contributed by atoms with E-state index >= 15 is 0 Å². The van der Waals surface area contributed by atoms with Crippen molar-refractivity contribution in [1.29, 1.82) is 0 Å². The molecule has 0 unspecified atom stereocenters. The summed E-state index contributed by atoms with van der Waals surface area (Å²) in [5, 5.41) is 21.9. The Hall–Kier alpha value is -3.71. The van der Waals surface area contributed by atoms with E-state index in [2.05, 4.69) is 20.4 Å². The van der Waals surface area contributed by atoms with Crippen LogP contribution < -0.4 is 0 Å². The van der Waals surface area contributed by atoms with Crippen molar-refractivity contribution in [1.82, 2.24) is 25.1 Å². The van der Waals surface area contributed by atoms with E-state index in [1.807, 2.05) is 24.3 Å². The molecule has 0 saturated carbocycles. The summed E-state index contributed by atoms with van der Waals surface area (Å²) in [6.07, 6.45) is 2.93. The van der Waals surface area contributed by atoms with Crippen molar-refractivity contribution in [2.75, 3.05) is 13.1 Å². The zero-order chi connectivity index (χ0) is 23.4. The Balaban J connectivity index is 1.30. The summed E-state index contributed by atoms with van der Waals surface area (Å²) in [7, 11) is 0. The fraction of sp³-hybridized carbons (Fsp3) is 0.348. The van der Waals surface area contributed by atoms with Gasteiger partial charge in [0.2, 0.25) is 5.91 Å². The van der Waals surface area contributed by atoms with Crippen molar-refractivity contribution in [3.05, 3.63) is 76.9 Å². The van der Waals surface area contributed by atoms with Gasteiger partial charge >= 0.3 is 0 Å². The second-order valence-corrected chi connectivity index (χ2v) is 8.18. The second-order valence-electron chi connectivity index (χ2n) is 8.18. The molecule has 0 spiro atoms. The second kappa shape index (κ2) is 9.42. The van der Waals surface area contributed by atoms with E-state index in [4.69, 9.17) is 6.57 Å². The minimum Gasteiger partial charge on any atom is -0.390 e. The van der Waals surface area contributed by atoms with E-state index < -0.39 is 22.9 Å². The molecular formula is C23H22F2N6O2. The van der Waals surface area contributed by atoms with Crippen LogP contribution in [0.5, 0.6) is 0 Å². The fourth-order valence-corrected chi connectivity index (χ4v) is 4.00. The predicted molar refractivity (Wildman–Crippen MR) is 115 cm³/mol. The van der Waals surface area contributed by atoms with Gasteiger partial charge in [0.15, 0.2) is 0 Å². The zero-order valence-corrected chi connectivity index (χ0v) is 17.8. The number of benzene rings is 2. The number of rotatable bonds is 6. The van der Waals surface area contributed by atoms with Crippen molar-refractivity contribution in [3.8, 4) is 5.69 Å². The van der Waals surface area contributed by atoms with Gasteiger partial charge in [0.05, 0.1) is 24.3 Å². The van der Waals surface area contributed by atoms with E-state index in [0.717, 1.165) is 17.3 Å². The number of amides is 1. The first kappa shape index (κ1) is 22.5. The first-order valence-electron chi connectivity index (χ1n) is 10.6. The molecular weight excluding hydrogens is 430 g/mol. The number of hydrogen-bond donors (Lipinski definition) is 1. The third-order valence-electron chi connectivity index (χ3n) is 6.07. The monoisotopic (exact) mass is 452 g/mol. The molecule has 1 fully saturated rings. The van der Waals surface area contributed by atoms with E-state index in [-0.39, 0.29) is 30.7 Å². The Morgan fingerprint density at radius 2 is 1.88 bits per heavy atom. The van der Waals surface area contributed by atoms with Crippen LogP contribution in [0.3, 0.4) is 0 Å². The quantitative estimate of drug-likeness (QED) is 0.581. The van der Waals surface area contributed by atoms with E-state index in [0.29, 0.717) is 25.9 Å². The molecule has 0 bridgehead atoms. The summed E-state index contributed by atoms with van der Waals surface area (Å²) in [6, 6.07) is 9.76. The zero-order valence-electron chi connectivity index (χ0n) is 17.8. The van der Waals surface area contributed by atoms with Gasteiger partial charge in [0, 0.05) is 13.1 Å². The summed E-state index contributed by atoms with van der Waals surface area (Å²) < 4.78 is 29.3. The lowest BCUT2D eigenvalue weighted by molar-refractivity contribution is -0.134. The molecule has 0 aliphatic carbocycles. The number of hydrogen-bond acceptors (Lipinski definition) is 5. The highest BCUT2D eigenvalue weighted by molar-refractivity contribution is 5.79. The molecule has 1 aromatic heterocycles. The van der Waals surface area contributed by atoms with Gasteiger partial charge in [-0.2, -0.15) is 0 Å². The molecule has 1 saturated heterocycles. The van der Waals surface area contributed by atoms with E-state index in [9.17, 15) is 18.7 Å². The molecule has 3 aromatic rings. The van der Waals surface area contributed by atoms with Crippen molar-refractivity contribution in [2.24, 2.45) is 0 Å². The number of tetrazole rings is 1. The SMILES string of the molecule is [C-]#[N+]c1c(F)ccc(CCC2(O)CCN(C(=O)Cc3ccc(-n4cnnn4)cc3)CC2)c1F. The number of aromatic nitrogens is 4. The third-order valence-corrected chi connectivity index (χ3v) is 6.07. The minimum absolute atomic E-state index is 0.0292. The van der Waals surface area contributed by atoms with Crippen LogP contribution in [0.1, 0.15) is 30.4 Å². The molecule has 2 aromatic carbocycles. The van der Waals surface area contributed by atoms with Crippen LogP contribution in [-0.4, -0.2) is 54.8 Å². The molecule has 1 aliphatic rings. The molecule has 1 N–H and O–H groups in total. The lowest BCUT2D eigenvalue weighted by atomic mass is 9.85. The first-order chi connectivity index (χ1) is 15.9. The summed E-state index contributed by atoms with van der Waals surface area (Å²) in [6.45, 7) is 7.72. The van der Waals surface area contributed by atoms with E-state index in [1.165, 1.54) is 17.1 Å². The number of aryl methyl sites for hydroxylation is 1. The van der Waals surface area contributed by atoms with Crippen LogP contribution >= 0.6 is 0 Å². The lowest BCUT2D eigenvalue weighted by Crippen LogP contribution is -2.47. The summed E-state index contributed by atoms with van der Waals surface area (Å²) in [5.41, 5.74) is 0.203. The number of carbonyl (C=O) groups excluding carboxylic acids is 1.